The lowest BCUT2D eigenvalue weighted by Gasteiger charge is -2.11. The zero-order valence-corrected chi connectivity index (χ0v) is 19.7. The van der Waals surface area contributed by atoms with Crippen molar-refractivity contribution in [3.8, 4) is 0 Å². The minimum absolute atomic E-state index is 0.345. The van der Waals surface area contributed by atoms with Gasteiger partial charge in [-0.2, -0.15) is 0 Å². The summed E-state index contributed by atoms with van der Waals surface area (Å²) in [6.45, 7) is 7.11. The highest BCUT2D eigenvalue weighted by atomic mass is 16.4. The van der Waals surface area contributed by atoms with Crippen molar-refractivity contribution in [1.29, 1.82) is 0 Å². The second-order valence-corrected chi connectivity index (χ2v) is 9.67. The molecule has 2 heteroatoms. The quantitative estimate of drug-likeness (QED) is 0.185. The van der Waals surface area contributed by atoms with Crippen LogP contribution in [0.25, 0.3) is 0 Å². The Hall–Kier alpha value is -0.530. The summed E-state index contributed by atoms with van der Waals surface area (Å²) >= 11 is 0. The van der Waals surface area contributed by atoms with E-state index in [4.69, 9.17) is 5.11 Å². The molecule has 2 nitrogen and oxygen atoms in total. The van der Waals surface area contributed by atoms with Gasteiger partial charge in [0.05, 0.1) is 0 Å². The van der Waals surface area contributed by atoms with E-state index in [-0.39, 0.29) is 0 Å². The first-order chi connectivity index (χ1) is 13.5. The Bertz CT molecular complexity index is 324. The normalized spacial score (nSPS) is 12.6. The zero-order valence-electron chi connectivity index (χ0n) is 19.7. The highest BCUT2D eigenvalue weighted by molar-refractivity contribution is 5.66. The van der Waals surface area contributed by atoms with Crippen molar-refractivity contribution in [3.05, 3.63) is 0 Å². The van der Waals surface area contributed by atoms with Gasteiger partial charge in [0, 0.05) is 6.42 Å². The lowest BCUT2D eigenvalue weighted by atomic mass is 9.95. The number of hydrogen-bond acceptors (Lipinski definition) is 1. The molecule has 0 rings (SSSR count). The maximum absolute atomic E-state index is 10.4. The van der Waals surface area contributed by atoms with Crippen LogP contribution in [-0.2, 0) is 4.79 Å². The molecule has 0 fully saturated rings. The fourth-order valence-corrected chi connectivity index (χ4v) is 4.08. The van der Waals surface area contributed by atoms with Crippen LogP contribution in [0, 0.1) is 11.8 Å². The van der Waals surface area contributed by atoms with Gasteiger partial charge in [0.1, 0.15) is 0 Å². The largest absolute Gasteiger partial charge is 0.481 e. The van der Waals surface area contributed by atoms with Crippen LogP contribution >= 0.6 is 0 Å². The number of aliphatic carboxylic acids is 1. The summed E-state index contributed by atoms with van der Waals surface area (Å²) in [6.07, 6.45) is 26.1. The molecule has 1 atom stereocenters. The lowest BCUT2D eigenvalue weighted by molar-refractivity contribution is -0.137. The lowest BCUT2D eigenvalue weighted by Crippen LogP contribution is -1.96. The molecule has 0 radical (unpaired) electrons. The van der Waals surface area contributed by atoms with Gasteiger partial charge in [-0.15, -0.1) is 0 Å². The van der Waals surface area contributed by atoms with Gasteiger partial charge >= 0.3 is 5.97 Å². The van der Waals surface area contributed by atoms with E-state index in [1.807, 2.05) is 0 Å². The smallest absolute Gasteiger partial charge is 0.303 e. The summed E-state index contributed by atoms with van der Waals surface area (Å²) < 4.78 is 0. The van der Waals surface area contributed by atoms with E-state index in [1.165, 1.54) is 109 Å². The first-order valence-corrected chi connectivity index (χ1v) is 12.7. The van der Waals surface area contributed by atoms with Crippen molar-refractivity contribution in [2.45, 2.75) is 149 Å². The Balaban J connectivity index is 3.12. The third-order valence-electron chi connectivity index (χ3n) is 6.07. The Morgan fingerprint density at radius 2 is 0.857 bits per heavy atom. The Morgan fingerprint density at radius 3 is 1.25 bits per heavy atom. The molecule has 0 aromatic heterocycles. The van der Waals surface area contributed by atoms with Gasteiger partial charge in [-0.25, -0.2) is 0 Å². The molecular formula is C26H52O2. The van der Waals surface area contributed by atoms with Gasteiger partial charge in [0.25, 0.3) is 0 Å². The molecule has 0 aliphatic heterocycles. The molecule has 1 unspecified atom stereocenters. The van der Waals surface area contributed by atoms with Gasteiger partial charge in [-0.3, -0.25) is 4.79 Å². The van der Waals surface area contributed by atoms with E-state index in [1.54, 1.807) is 0 Å². The summed E-state index contributed by atoms with van der Waals surface area (Å²) in [5.74, 6) is 1.16. The molecule has 0 bridgehead atoms. The molecule has 0 aliphatic rings. The Labute approximate surface area is 177 Å². The van der Waals surface area contributed by atoms with E-state index in [2.05, 4.69) is 20.8 Å². The molecule has 0 aliphatic carbocycles. The van der Waals surface area contributed by atoms with E-state index in [9.17, 15) is 4.79 Å². The third-order valence-corrected chi connectivity index (χ3v) is 6.07. The predicted molar refractivity (Wildman–Crippen MR) is 124 cm³/mol. The van der Waals surface area contributed by atoms with Crippen LogP contribution < -0.4 is 0 Å². The minimum Gasteiger partial charge on any atom is -0.481 e. The number of carbonyl (C=O) groups is 1. The van der Waals surface area contributed by atoms with Crippen LogP contribution in [0.3, 0.4) is 0 Å². The van der Waals surface area contributed by atoms with Crippen LogP contribution in [0.5, 0.6) is 0 Å². The number of hydrogen-bond donors (Lipinski definition) is 1. The maximum Gasteiger partial charge on any atom is 0.303 e. The average molecular weight is 397 g/mol. The molecule has 0 aromatic rings. The second kappa shape index (κ2) is 21.2. The first-order valence-electron chi connectivity index (χ1n) is 12.7. The molecule has 0 saturated carbocycles. The SMILES string of the molecule is CC(C)CCCCC(C)CCCCCCCCCCCCCCCCC(=O)O. The van der Waals surface area contributed by atoms with Crippen molar-refractivity contribution in [2.24, 2.45) is 11.8 Å². The summed E-state index contributed by atoms with van der Waals surface area (Å²) in [7, 11) is 0. The van der Waals surface area contributed by atoms with Crippen LogP contribution in [0.4, 0.5) is 0 Å². The van der Waals surface area contributed by atoms with E-state index in [0.717, 1.165) is 24.7 Å². The van der Waals surface area contributed by atoms with Gasteiger partial charge < -0.3 is 5.11 Å². The number of carboxylic acid groups (broad SMARTS) is 1. The predicted octanol–water partition coefficient (Wildman–Crippen LogP) is 9.17. The summed E-state index contributed by atoms with van der Waals surface area (Å²) in [4.78, 5) is 10.4. The minimum atomic E-state index is -0.651. The standard InChI is InChI=1S/C26H52O2/c1-24(2)20-18-19-22-25(3)21-16-14-12-10-8-6-4-5-7-9-11-13-15-17-23-26(27)28/h24-25H,4-23H2,1-3H3,(H,27,28). The summed E-state index contributed by atoms with van der Waals surface area (Å²) in [5, 5.41) is 8.59. The molecule has 28 heavy (non-hydrogen) atoms. The molecule has 0 amide bonds. The van der Waals surface area contributed by atoms with E-state index in [0.29, 0.717) is 6.42 Å². The second-order valence-electron chi connectivity index (χ2n) is 9.67. The zero-order chi connectivity index (χ0) is 20.9. The van der Waals surface area contributed by atoms with E-state index >= 15 is 0 Å². The van der Waals surface area contributed by atoms with Gasteiger partial charge in [0.15, 0.2) is 0 Å². The van der Waals surface area contributed by atoms with Crippen molar-refractivity contribution in [1.82, 2.24) is 0 Å². The van der Waals surface area contributed by atoms with Crippen LogP contribution in [0.2, 0.25) is 0 Å². The molecule has 0 aromatic carbocycles. The first kappa shape index (κ1) is 27.5. The molecule has 0 spiro atoms. The number of carboxylic acids is 1. The highest BCUT2D eigenvalue weighted by Gasteiger charge is 2.03. The van der Waals surface area contributed by atoms with E-state index < -0.39 is 5.97 Å². The molecule has 0 saturated heterocycles. The van der Waals surface area contributed by atoms with Crippen LogP contribution in [0.1, 0.15) is 149 Å². The monoisotopic (exact) mass is 396 g/mol. The van der Waals surface area contributed by atoms with Crippen molar-refractivity contribution >= 4 is 5.97 Å². The Morgan fingerprint density at radius 1 is 0.536 bits per heavy atom. The highest BCUT2D eigenvalue weighted by Crippen LogP contribution is 2.19. The molecule has 1 N–H and O–H groups in total. The third kappa shape index (κ3) is 23.5. The van der Waals surface area contributed by atoms with Gasteiger partial charge in [-0.1, -0.05) is 136 Å². The summed E-state index contributed by atoms with van der Waals surface area (Å²) in [5.41, 5.74) is 0. The topological polar surface area (TPSA) is 37.3 Å². The molecule has 0 heterocycles. The fourth-order valence-electron chi connectivity index (χ4n) is 4.08. The number of rotatable bonds is 22. The molecular weight excluding hydrogens is 344 g/mol. The Kier molecular flexibility index (Phi) is 20.8. The van der Waals surface area contributed by atoms with Crippen molar-refractivity contribution in [3.63, 3.8) is 0 Å². The summed E-state index contributed by atoms with van der Waals surface area (Å²) in [6, 6.07) is 0. The molecule has 168 valence electrons. The number of unbranched alkanes of at least 4 members (excludes halogenated alkanes) is 14. The van der Waals surface area contributed by atoms with Gasteiger partial charge in [0.2, 0.25) is 0 Å². The van der Waals surface area contributed by atoms with Crippen molar-refractivity contribution < 1.29 is 9.90 Å². The average Bonchev–Trinajstić information content (AvgIpc) is 2.64. The van der Waals surface area contributed by atoms with Crippen LogP contribution in [-0.4, -0.2) is 11.1 Å². The van der Waals surface area contributed by atoms with Crippen molar-refractivity contribution in [2.75, 3.05) is 0 Å². The fraction of sp³-hybridized carbons (Fsp3) is 0.962. The van der Waals surface area contributed by atoms with Crippen LogP contribution in [0.15, 0.2) is 0 Å². The van der Waals surface area contributed by atoms with Gasteiger partial charge in [-0.05, 0) is 18.3 Å². The maximum atomic E-state index is 10.4.